The molecule has 1 aliphatic heterocycles. The van der Waals surface area contributed by atoms with E-state index in [2.05, 4.69) is 5.43 Å². The van der Waals surface area contributed by atoms with E-state index >= 15 is 0 Å². The van der Waals surface area contributed by atoms with Crippen molar-refractivity contribution in [2.45, 2.75) is 23.1 Å². The van der Waals surface area contributed by atoms with Gasteiger partial charge in [-0.05, 0) is 42.7 Å². The van der Waals surface area contributed by atoms with Gasteiger partial charge in [0.25, 0.3) is 10.0 Å². The second-order valence-corrected chi connectivity index (χ2v) is 10.0. The van der Waals surface area contributed by atoms with Crippen molar-refractivity contribution in [3.05, 3.63) is 65.7 Å². The Bertz CT molecular complexity index is 1060. The molecule has 6 nitrogen and oxygen atoms in total. The highest BCUT2D eigenvalue weighted by Crippen LogP contribution is 2.24. The molecule has 0 saturated heterocycles. The van der Waals surface area contributed by atoms with Gasteiger partial charge in [0.1, 0.15) is 0 Å². The number of nitrogens with zero attached hydrogens (tertiary/aromatic N) is 1. The zero-order chi connectivity index (χ0) is 18.9. The number of hydrazine groups is 1. The number of benzene rings is 2. The number of sulfonamides is 1. The molecule has 2 aromatic carbocycles. The van der Waals surface area contributed by atoms with Gasteiger partial charge in [0, 0.05) is 12.8 Å². The lowest BCUT2D eigenvalue weighted by Crippen LogP contribution is -2.44. The molecule has 138 valence electrons. The molecular weight excluding hydrogens is 372 g/mol. The molecule has 1 aliphatic rings. The second-order valence-electron chi connectivity index (χ2n) is 6.16. The zero-order valence-electron chi connectivity index (χ0n) is 14.5. The van der Waals surface area contributed by atoms with Crippen LogP contribution in [0, 0.1) is 6.92 Å². The Balaban J connectivity index is 1.88. The SMILES string of the molecule is Cc1ccccc1S(=O)(=O)N1CCC=C(c2ccc(S(C)(=O)=O)cc2)N1. The molecule has 0 saturated carbocycles. The Labute approximate surface area is 154 Å². The summed E-state index contributed by atoms with van der Waals surface area (Å²) in [6.45, 7) is 2.08. The molecule has 0 atom stereocenters. The molecule has 0 unspecified atom stereocenters. The Morgan fingerprint density at radius 2 is 1.62 bits per heavy atom. The van der Waals surface area contributed by atoms with Crippen molar-refractivity contribution >= 4 is 25.6 Å². The fraction of sp³-hybridized carbons (Fsp3) is 0.222. The average molecular weight is 393 g/mol. The van der Waals surface area contributed by atoms with Crippen LogP contribution in [0.4, 0.5) is 0 Å². The van der Waals surface area contributed by atoms with Crippen LogP contribution < -0.4 is 5.43 Å². The Hall–Kier alpha value is -2.16. The van der Waals surface area contributed by atoms with Gasteiger partial charge in [-0.15, -0.1) is 4.41 Å². The number of aryl methyl sites for hydroxylation is 1. The lowest BCUT2D eigenvalue weighted by Gasteiger charge is -2.29. The summed E-state index contributed by atoms with van der Waals surface area (Å²) in [4.78, 5) is 0.489. The van der Waals surface area contributed by atoms with Crippen LogP contribution in [-0.2, 0) is 19.9 Å². The van der Waals surface area contributed by atoms with E-state index in [1.807, 2.05) is 6.08 Å². The Kier molecular flexibility index (Phi) is 4.92. The third-order valence-corrected chi connectivity index (χ3v) is 7.18. The average Bonchev–Trinajstić information content (AvgIpc) is 2.61. The first-order valence-electron chi connectivity index (χ1n) is 8.05. The molecule has 3 rings (SSSR count). The van der Waals surface area contributed by atoms with Crippen molar-refractivity contribution in [2.24, 2.45) is 0 Å². The molecule has 26 heavy (non-hydrogen) atoms. The summed E-state index contributed by atoms with van der Waals surface area (Å²) in [6.07, 6.45) is 3.61. The van der Waals surface area contributed by atoms with Gasteiger partial charge in [-0.25, -0.2) is 16.8 Å². The van der Waals surface area contributed by atoms with E-state index in [-0.39, 0.29) is 9.79 Å². The second kappa shape index (κ2) is 6.86. The predicted molar refractivity (Wildman–Crippen MR) is 100 cm³/mol. The van der Waals surface area contributed by atoms with Crippen LogP contribution in [0.15, 0.2) is 64.4 Å². The summed E-state index contributed by atoms with van der Waals surface area (Å²) in [6, 6.07) is 13.2. The highest BCUT2D eigenvalue weighted by atomic mass is 32.2. The number of rotatable bonds is 4. The zero-order valence-corrected chi connectivity index (χ0v) is 16.1. The Morgan fingerprint density at radius 1 is 0.962 bits per heavy atom. The molecule has 8 heteroatoms. The third-order valence-electron chi connectivity index (χ3n) is 4.18. The summed E-state index contributed by atoms with van der Waals surface area (Å²) < 4.78 is 50.2. The maximum atomic E-state index is 12.9. The summed E-state index contributed by atoms with van der Waals surface area (Å²) in [5.41, 5.74) is 4.99. The molecule has 0 radical (unpaired) electrons. The van der Waals surface area contributed by atoms with Gasteiger partial charge in [-0.1, -0.05) is 36.4 Å². The van der Waals surface area contributed by atoms with Crippen LogP contribution in [0.25, 0.3) is 5.70 Å². The lowest BCUT2D eigenvalue weighted by atomic mass is 10.1. The van der Waals surface area contributed by atoms with Crippen molar-refractivity contribution in [2.75, 3.05) is 12.8 Å². The van der Waals surface area contributed by atoms with Gasteiger partial charge >= 0.3 is 0 Å². The summed E-state index contributed by atoms with van der Waals surface area (Å²) in [7, 11) is -6.95. The summed E-state index contributed by atoms with van der Waals surface area (Å²) in [5, 5.41) is 0. The molecule has 0 spiro atoms. The van der Waals surface area contributed by atoms with E-state index in [0.717, 1.165) is 11.8 Å². The molecule has 0 aromatic heterocycles. The number of hydrogen-bond acceptors (Lipinski definition) is 5. The minimum absolute atomic E-state index is 0.224. The van der Waals surface area contributed by atoms with E-state index in [9.17, 15) is 16.8 Å². The van der Waals surface area contributed by atoms with Crippen molar-refractivity contribution in [1.29, 1.82) is 0 Å². The lowest BCUT2D eigenvalue weighted by molar-refractivity contribution is 0.362. The van der Waals surface area contributed by atoms with Crippen molar-refractivity contribution < 1.29 is 16.8 Å². The predicted octanol–water partition coefficient (Wildman–Crippen LogP) is 2.34. The maximum Gasteiger partial charge on any atom is 0.260 e. The fourth-order valence-electron chi connectivity index (χ4n) is 2.77. The molecular formula is C18H20N2O4S2. The molecule has 0 fully saturated rings. The molecule has 0 amide bonds. The minimum Gasteiger partial charge on any atom is -0.305 e. The fourth-order valence-corrected chi connectivity index (χ4v) is 4.93. The van der Waals surface area contributed by atoms with E-state index in [1.165, 1.54) is 16.5 Å². The summed E-state index contributed by atoms with van der Waals surface area (Å²) in [5.74, 6) is 0. The van der Waals surface area contributed by atoms with Crippen LogP contribution in [0.5, 0.6) is 0 Å². The standard InChI is InChI=1S/C18H20N2O4S2/c1-14-6-3-4-8-18(14)26(23,24)20-13-5-7-17(19-20)15-9-11-16(12-10-15)25(2,21)22/h3-4,6-12,19H,5,13H2,1-2H3. The first-order valence-corrected chi connectivity index (χ1v) is 11.4. The number of nitrogens with one attached hydrogen (secondary N) is 1. The van der Waals surface area contributed by atoms with Crippen LogP contribution in [0.2, 0.25) is 0 Å². The van der Waals surface area contributed by atoms with Gasteiger partial charge in [0.05, 0.1) is 15.5 Å². The monoisotopic (exact) mass is 392 g/mol. The van der Waals surface area contributed by atoms with E-state index in [0.29, 0.717) is 24.2 Å². The van der Waals surface area contributed by atoms with Gasteiger partial charge in [-0.2, -0.15) is 0 Å². The smallest absolute Gasteiger partial charge is 0.260 e. The topological polar surface area (TPSA) is 83.6 Å². The van der Waals surface area contributed by atoms with Crippen molar-refractivity contribution in [1.82, 2.24) is 9.84 Å². The van der Waals surface area contributed by atoms with Crippen LogP contribution in [0.1, 0.15) is 17.5 Å². The van der Waals surface area contributed by atoms with Gasteiger partial charge < -0.3 is 5.43 Å². The van der Waals surface area contributed by atoms with Gasteiger partial charge in [0.2, 0.25) is 0 Å². The number of sulfone groups is 1. The van der Waals surface area contributed by atoms with Crippen LogP contribution in [0.3, 0.4) is 0 Å². The molecule has 0 aliphatic carbocycles. The summed E-state index contributed by atoms with van der Waals surface area (Å²) >= 11 is 0. The van der Waals surface area contributed by atoms with Crippen molar-refractivity contribution in [3.8, 4) is 0 Å². The van der Waals surface area contributed by atoms with Gasteiger partial charge in [-0.3, -0.25) is 0 Å². The van der Waals surface area contributed by atoms with E-state index in [4.69, 9.17) is 0 Å². The Morgan fingerprint density at radius 3 is 2.23 bits per heavy atom. The van der Waals surface area contributed by atoms with Gasteiger partial charge in [0.15, 0.2) is 9.84 Å². The third kappa shape index (κ3) is 3.67. The van der Waals surface area contributed by atoms with Crippen molar-refractivity contribution in [3.63, 3.8) is 0 Å². The maximum absolute atomic E-state index is 12.9. The first kappa shape index (κ1) is 18.6. The normalized spacial score (nSPS) is 16.0. The highest BCUT2D eigenvalue weighted by molar-refractivity contribution is 7.90. The minimum atomic E-state index is -3.68. The van der Waals surface area contributed by atoms with Crippen LogP contribution >= 0.6 is 0 Å². The quantitative estimate of drug-likeness (QED) is 0.863. The molecule has 2 aromatic rings. The van der Waals surface area contributed by atoms with E-state index < -0.39 is 19.9 Å². The van der Waals surface area contributed by atoms with Crippen LogP contribution in [-0.4, -0.2) is 34.1 Å². The van der Waals surface area contributed by atoms with E-state index in [1.54, 1.807) is 43.3 Å². The molecule has 1 N–H and O–H groups in total. The number of hydrogen-bond donors (Lipinski definition) is 1. The molecule has 1 heterocycles. The first-order chi connectivity index (χ1) is 12.2. The highest BCUT2D eigenvalue weighted by Gasteiger charge is 2.28. The largest absolute Gasteiger partial charge is 0.305 e. The molecule has 0 bridgehead atoms.